The maximum atomic E-state index is 11.1. The third-order valence-corrected chi connectivity index (χ3v) is 3.78. The van der Waals surface area contributed by atoms with E-state index in [1.165, 1.54) is 7.11 Å². The molecule has 0 spiro atoms. The Hall–Kier alpha value is -0.0900. The Balaban J connectivity index is 2.58. The summed E-state index contributed by atoms with van der Waals surface area (Å²) in [6.45, 7) is 0. The lowest BCUT2D eigenvalue weighted by Gasteiger charge is -2.19. The summed E-state index contributed by atoms with van der Waals surface area (Å²) in [6.07, 6.45) is 5.36. The quantitative estimate of drug-likeness (QED) is 0.593. The second-order valence-electron chi connectivity index (χ2n) is 2.72. The van der Waals surface area contributed by atoms with Gasteiger partial charge in [-0.15, -0.1) is 0 Å². The summed E-state index contributed by atoms with van der Waals surface area (Å²) in [4.78, 5) is 0. The van der Waals surface area contributed by atoms with Crippen LogP contribution in [0.2, 0.25) is 0 Å². The number of hydrogen-bond acceptors (Lipinski definition) is 3. The highest BCUT2D eigenvalue weighted by Crippen LogP contribution is 2.23. The van der Waals surface area contributed by atoms with Gasteiger partial charge >= 0.3 is 0 Å². The van der Waals surface area contributed by atoms with E-state index >= 15 is 0 Å². The van der Waals surface area contributed by atoms with Crippen LogP contribution in [0.25, 0.3) is 0 Å². The van der Waals surface area contributed by atoms with Crippen molar-refractivity contribution < 1.29 is 12.6 Å². The third-order valence-electron chi connectivity index (χ3n) is 2.03. The van der Waals surface area contributed by atoms with Crippen LogP contribution < -0.4 is 0 Å². The van der Waals surface area contributed by atoms with Gasteiger partial charge in [-0.3, -0.25) is 4.18 Å². The molecule has 1 radical (unpaired) electrons. The molecule has 0 aromatic heterocycles. The Labute approximate surface area is 67.9 Å². The molecule has 0 bridgehead atoms. The zero-order chi connectivity index (χ0) is 8.32. The van der Waals surface area contributed by atoms with Crippen molar-refractivity contribution in [2.24, 2.45) is 0 Å². The standard InChI is InChI=1S/C7H13O3S/c1-10-11(8,9)7-5-3-2-4-6-7/h2,7H,3-6H2,1H3. The number of hydrogen-bond donors (Lipinski definition) is 0. The first-order valence-corrected chi connectivity index (χ1v) is 5.25. The van der Waals surface area contributed by atoms with Crippen LogP contribution in [-0.4, -0.2) is 20.8 Å². The van der Waals surface area contributed by atoms with E-state index in [0.717, 1.165) is 25.7 Å². The molecule has 0 atom stereocenters. The summed E-state index contributed by atoms with van der Waals surface area (Å²) in [5.41, 5.74) is 0. The lowest BCUT2D eigenvalue weighted by atomic mass is 10.0. The molecule has 0 aromatic carbocycles. The van der Waals surface area contributed by atoms with E-state index in [-0.39, 0.29) is 5.25 Å². The second-order valence-corrected chi connectivity index (χ2v) is 4.71. The normalized spacial score (nSPS) is 21.9. The molecule has 11 heavy (non-hydrogen) atoms. The lowest BCUT2D eigenvalue weighted by Crippen LogP contribution is -2.24. The van der Waals surface area contributed by atoms with Gasteiger partial charge in [0.2, 0.25) is 0 Å². The first-order chi connectivity index (χ1) is 5.17. The minimum absolute atomic E-state index is 0.266. The number of rotatable bonds is 2. The van der Waals surface area contributed by atoms with Crippen LogP contribution in [-0.2, 0) is 14.3 Å². The van der Waals surface area contributed by atoms with Crippen molar-refractivity contribution in [1.82, 2.24) is 0 Å². The summed E-state index contributed by atoms with van der Waals surface area (Å²) in [5.74, 6) is 0. The molecule has 1 fully saturated rings. The summed E-state index contributed by atoms with van der Waals surface area (Å²) >= 11 is 0. The van der Waals surface area contributed by atoms with Crippen molar-refractivity contribution in [3.8, 4) is 0 Å². The van der Waals surface area contributed by atoms with Crippen LogP contribution in [0.15, 0.2) is 0 Å². The molecule has 0 aromatic rings. The molecule has 3 nitrogen and oxygen atoms in total. The fourth-order valence-electron chi connectivity index (χ4n) is 1.32. The highest BCUT2D eigenvalue weighted by Gasteiger charge is 2.26. The van der Waals surface area contributed by atoms with Gasteiger partial charge in [0.1, 0.15) is 0 Å². The predicted molar refractivity (Wildman–Crippen MR) is 42.5 cm³/mol. The Morgan fingerprint density at radius 2 is 1.91 bits per heavy atom. The summed E-state index contributed by atoms with van der Waals surface area (Å²) in [7, 11) is -2.01. The van der Waals surface area contributed by atoms with Gasteiger partial charge in [0.15, 0.2) is 0 Å². The zero-order valence-corrected chi connectivity index (χ0v) is 7.43. The van der Waals surface area contributed by atoms with Crippen molar-refractivity contribution >= 4 is 10.1 Å². The van der Waals surface area contributed by atoms with Crippen LogP contribution in [0.5, 0.6) is 0 Å². The molecule has 1 saturated carbocycles. The van der Waals surface area contributed by atoms with E-state index in [2.05, 4.69) is 10.6 Å². The van der Waals surface area contributed by atoms with Gasteiger partial charge in [0, 0.05) is 0 Å². The molecular weight excluding hydrogens is 164 g/mol. The molecule has 0 amide bonds. The van der Waals surface area contributed by atoms with Gasteiger partial charge in [-0.05, 0) is 32.1 Å². The van der Waals surface area contributed by atoms with Gasteiger partial charge in [0.05, 0.1) is 12.4 Å². The van der Waals surface area contributed by atoms with E-state index in [4.69, 9.17) is 0 Å². The van der Waals surface area contributed by atoms with E-state index in [9.17, 15) is 8.42 Å². The lowest BCUT2D eigenvalue weighted by molar-refractivity contribution is 0.376. The Bertz CT molecular complexity index is 202. The first-order valence-electron chi connectivity index (χ1n) is 3.78. The molecule has 0 saturated heterocycles. The molecule has 0 heterocycles. The minimum atomic E-state index is -3.24. The predicted octanol–water partition coefficient (Wildman–Crippen LogP) is 1.11. The molecule has 4 heteroatoms. The van der Waals surface area contributed by atoms with Crippen molar-refractivity contribution in [3.63, 3.8) is 0 Å². The largest absolute Gasteiger partial charge is 0.273 e. The van der Waals surface area contributed by atoms with E-state index in [1.54, 1.807) is 0 Å². The van der Waals surface area contributed by atoms with Gasteiger partial charge in [-0.25, -0.2) is 0 Å². The van der Waals surface area contributed by atoms with Gasteiger partial charge < -0.3 is 0 Å². The van der Waals surface area contributed by atoms with Gasteiger partial charge in [-0.1, -0.05) is 0 Å². The zero-order valence-electron chi connectivity index (χ0n) is 6.62. The summed E-state index contributed by atoms with van der Waals surface area (Å²) < 4.78 is 26.7. The maximum absolute atomic E-state index is 11.1. The monoisotopic (exact) mass is 177 g/mol. The third kappa shape index (κ3) is 2.17. The SMILES string of the molecule is COS(=O)(=O)C1CC[CH]CC1. The molecule has 65 valence electrons. The van der Waals surface area contributed by atoms with Crippen molar-refractivity contribution in [3.05, 3.63) is 6.42 Å². The van der Waals surface area contributed by atoms with Crippen molar-refractivity contribution in [2.45, 2.75) is 30.9 Å². The Kier molecular flexibility index (Phi) is 2.90. The van der Waals surface area contributed by atoms with Gasteiger partial charge in [-0.2, -0.15) is 8.42 Å². The Morgan fingerprint density at radius 3 is 2.36 bits per heavy atom. The molecule has 0 N–H and O–H groups in total. The second kappa shape index (κ2) is 3.54. The molecule has 0 aliphatic heterocycles. The van der Waals surface area contributed by atoms with Crippen LogP contribution >= 0.6 is 0 Å². The molecule has 1 aliphatic rings. The summed E-state index contributed by atoms with van der Waals surface area (Å²) in [6, 6.07) is 0. The van der Waals surface area contributed by atoms with Crippen LogP contribution in [0.3, 0.4) is 0 Å². The highest BCUT2D eigenvalue weighted by molar-refractivity contribution is 7.87. The topological polar surface area (TPSA) is 43.4 Å². The van der Waals surface area contributed by atoms with Crippen molar-refractivity contribution in [1.29, 1.82) is 0 Å². The van der Waals surface area contributed by atoms with Crippen LogP contribution in [0, 0.1) is 6.42 Å². The molecular formula is C7H13O3S. The molecule has 1 aliphatic carbocycles. The maximum Gasteiger partial charge on any atom is 0.269 e. The fourth-order valence-corrected chi connectivity index (χ4v) is 2.44. The van der Waals surface area contributed by atoms with E-state index in [1.807, 2.05) is 0 Å². The Morgan fingerprint density at radius 1 is 1.36 bits per heavy atom. The van der Waals surface area contributed by atoms with E-state index in [0.29, 0.717) is 0 Å². The first kappa shape index (κ1) is 9.00. The van der Waals surface area contributed by atoms with Crippen molar-refractivity contribution in [2.75, 3.05) is 7.11 Å². The summed E-state index contributed by atoms with van der Waals surface area (Å²) in [5, 5.41) is -0.266. The highest BCUT2D eigenvalue weighted by atomic mass is 32.2. The molecule has 0 unspecified atom stereocenters. The fraction of sp³-hybridized carbons (Fsp3) is 0.857. The van der Waals surface area contributed by atoms with E-state index < -0.39 is 10.1 Å². The average Bonchev–Trinajstić information content (AvgIpc) is 2.06. The minimum Gasteiger partial charge on any atom is -0.273 e. The molecule has 1 rings (SSSR count). The van der Waals surface area contributed by atoms with Gasteiger partial charge in [0.25, 0.3) is 10.1 Å². The van der Waals surface area contributed by atoms with Crippen LogP contribution in [0.1, 0.15) is 25.7 Å². The smallest absolute Gasteiger partial charge is 0.269 e. The average molecular weight is 177 g/mol. The van der Waals surface area contributed by atoms with Crippen LogP contribution in [0.4, 0.5) is 0 Å².